The molecule has 0 spiro atoms. The highest BCUT2D eigenvalue weighted by Crippen LogP contribution is 2.40. The Kier molecular flexibility index (Phi) is 4.97. The lowest BCUT2D eigenvalue weighted by Crippen LogP contribution is -2.62. The maximum atomic E-state index is 14.2. The third kappa shape index (κ3) is 3.26. The van der Waals surface area contributed by atoms with Crippen LogP contribution in [0, 0.1) is 11.6 Å². The Hall–Kier alpha value is -3.26. The fourth-order valence-corrected chi connectivity index (χ4v) is 5.13. The number of hydrogen-bond donors (Lipinski definition) is 1. The molecule has 0 aromatic heterocycles. The lowest BCUT2D eigenvalue weighted by Gasteiger charge is -2.50. The van der Waals surface area contributed by atoms with E-state index in [9.17, 15) is 23.5 Å². The van der Waals surface area contributed by atoms with E-state index in [1.807, 2.05) is 6.92 Å². The van der Waals surface area contributed by atoms with Crippen molar-refractivity contribution in [3.05, 3.63) is 82.7 Å². The molecule has 3 atom stereocenters. The highest BCUT2D eigenvalue weighted by Gasteiger charge is 2.49. The number of piperazine rings is 1. The van der Waals surface area contributed by atoms with Crippen molar-refractivity contribution in [2.45, 2.75) is 37.9 Å². The molecule has 0 radical (unpaired) electrons. The van der Waals surface area contributed by atoms with E-state index in [0.717, 1.165) is 12.8 Å². The predicted octanol–water partition coefficient (Wildman–Crippen LogP) is 3.32. The number of Topliss-reactive ketones (excluding diaryl/α,β-unsaturated/α-hetero) is 1. The number of hydrogen-bond acceptors (Lipinski definition) is 5. The summed E-state index contributed by atoms with van der Waals surface area (Å²) in [5.74, 6) is -2.36. The van der Waals surface area contributed by atoms with Crippen molar-refractivity contribution in [3.63, 3.8) is 0 Å². The summed E-state index contributed by atoms with van der Waals surface area (Å²) in [6.07, 6.45) is 1.66. The van der Waals surface area contributed by atoms with Crippen LogP contribution in [0.5, 0.6) is 0 Å². The fraction of sp³-hybridized carbons (Fsp3) is 0.333. The first kappa shape index (κ1) is 20.6. The second-order valence-electron chi connectivity index (χ2n) is 8.60. The Labute approximate surface area is 184 Å². The SMILES string of the molecule is C[C@H]1CC[C@@H]2CN3C(=C(O)C(=O)CN3[C@@H](c3ccc(F)cc3)c3cccc(F)c3)C(=O)N21. The van der Waals surface area contributed by atoms with Crippen molar-refractivity contribution in [1.29, 1.82) is 0 Å². The van der Waals surface area contributed by atoms with E-state index in [1.54, 1.807) is 39.2 Å². The summed E-state index contributed by atoms with van der Waals surface area (Å²) >= 11 is 0. The number of carbonyl (C=O) groups is 2. The topological polar surface area (TPSA) is 64.1 Å². The number of carbonyl (C=O) groups excluding carboxylic acids is 2. The molecule has 1 N–H and O–H groups in total. The normalized spacial score (nSPS) is 24.6. The summed E-state index contributed by atoms with van der Waals surface area (Å²) in [5.41, 5.74) is 1.15. The maximum absolute atomic E-state index is 14.2. The zero-order valence-corrected chi connectivity index (χ0v) is 17.5. The summed E-state index contributed by atoms with van der Waals surface area (Å²) in [4.78, 5) is 27.9. The summed E-state index contributed by atoms with van der Waals surface area (Å²) in [7, 11) is 0. The van der Waals surface area contributed by atoms with E-state index in [1.165, 1.54) is 24.3 Å². The molecule has 166 valence electrons. The number of benzene rings is 2. The van der Waals surface area contributed by atoms with E-state index < -0.39 is 29.2 Å². The number of hydrazine groups is 1. The zero-order chi connectivity index (χ0) is 22.6. The van der Waals surface area contributed by atoms with Gasteiger partial charge in [0, 0.05) is 6.04 Å². The first-order valence-electron chi connectivity index (χ1n) is 10.7. The number of rotatable bonds is 3. The predicted molar refractivity (Wildman–Crippen MR) is 112 cm³/mol. The molecular formula is C24H23F2N3O3. The molecule has 32 heavy (non-hydrogen) atoms. The quantitative estimate of drug-likeness (QED) is 0.795. The van der Waals surface area contributed by atoms with Gasteiger partial charge in [0.15, 0.2) is 11.5 Å². The van der Waals surface area contributed by atoms with Crippen LogP contribution in [-0.2, 0) is 9.59 Å². The number of halogens is 2. The minimum absolute atomic E-state index is 0.0246. The fourth-order valence-electron chi connectivity index (χ4n) is 5.13. The van der Waals surface area contributed by atoms with Crippen molar-refractivity contribution in [3.8, 4) is 0 Å². The minimum Gasteiger partial charge on any atom is -0.503 e. The second-order valence-corrected chi connectivity index (χ2v) is 8.60. The number of aliphatic hydroxyl groups is 1. The average molecular weight is 439 g/mol. The molecular weight excluding hydrogens is 416 g/mol. The average Bonchev–Trinajstić information content (AvgIpc) is 3.14. The molecule has 2 aromatic carbocycles. The summed E-state index contributed by atoms with van der Waals surface area (Å²) in [6.45, 7) is 2.18. The van der Waals surface area contributed by atoms with Crippen LogP contribution in [-0.4, -0.2) is 56.9 Å². The Bertz CT molecular complexity index is 1120. The number of fused-ring (bicyclic) bond motifs is 2. The van der Waals surface area contributed by atoms with Crippen LogP contribution in [0.3, 0.4) is 0 Å². The van der Waals surface area contributed by atoms with Crippen molar-refractivity contribution >= 4 is 11.7 Å². The van der Waals surface area contributed by atoms with E-state index in [-0.39, 0.29) is 30.2 Å². The van der Waals surface area contributed by atoms with Crippen molar-refractivity contribution < 1.29 is 23.5 Å². The maximum Gasteiger partial charge on any atom is 0.276 e. The number of ketones is 1. The van der Waals surface area contributed by atoms with Crippen molar-refractivity contribution in [2.75, 3.05) is 13.1 Å². The Morgan fingerprint density at radius 2 is 1.75 bits per heavy atom. The first-order chi connectivity index (χ1) is 15.3. The van der Waals surface area contributed by atoms with E-state index in [4.69, 9.17) is 0 Å². The van der Waals surface area contributed by atoms with Crippen LogP contribution in [0.15, 0.2) is 60.0 Å². The summed E-state index contributed by atoms with van der Waals surface area (Å²) in [5, 5.41) is 13.9. The monoisotopic (exact) mass is 439 g/mol. The summed E-state index contributed by atoms with van der Waals surface area (Å²) < 4.78 is 27.8. The number of nitrogens with zero attached hydrogens (tertiary/aromatic N) is 3. The molecule has 3 aliphatic rings. The largest absolute Gasteiger partial charge is 0.503 e. The third-order valence-electron chi connectivity index (χ3n) is 6.62. The Morgan fingerprint density at radius 1 is 1.00 bits per heavy atom. The number of aliphatic hydroxyl groups excluding tert-OH is 1. The van der Waals surface area contributed by atoms with Crippen molar-refractivity contribution in [1.82, 2.24) is 14.9 Å². The van der Waals surface area contributed by atoms with Crippen LogP contribution >= 0.6 is 0 Å². The van der Waals surface area contributed by atoms with Gasteiger partial charge >= 0.3 is 0 Å². The molecule has 0 saturated carbocycles. The van der Waals surface area contributed by atoms with Crippen LogP contribution < -0.4 is 0 Å². The van der Waals surface area contributed by atoms with Gasteiger partial charge in [-0.1, -0.05) is 24.3 Å². The molecule has 0 bridgehead atoms. The van der Waals surface area contributed by atoms with Gasteiger partial charge in [0.05, 0.1) is 25.2 Å². The van der Waals surface area contributed by atoms with Gasteiger partial charge in [-0.3, -0.25) is 14.6 Å². The second kappa shape index (κ2) is 7.70. The van der Waals surface area contributed by atoms with Gasteiger partial charge in [0.1, 0.15) is 11.6 Å². The number of amides is 1. The molecule has 0 unspecified atom stereocenters. The smallest absolute Gasteiger partial charge is 0.276 e. The van der Waals surface area contributed by atoms with Crippen LogP contribution in [0.2, 0.25) is 0 Å². The van der Waals surface area contributed by atoms with Gasteiger partial charge in [-0.25, -0.2) is 13.8 Å². The third-order valence-corrected chi connectivity index (χ3v) is 6.62. The van der Waals surface area contributed by atoms with Crippen LogP contribution in [0.4, 0.5) is 8.78 Å². The summed E-state index contributed by atoms with van der Waals surface area (Å²) in [6, 6.07) is 11.1. The van der Waals surface area contributed by atoms with E-state index >= 15 is 0 Å². The van der Waals surface area contributed by atoms with Gasteiger partial charge < -0.3 is 10.0 Å². The lowest BCUT2D eigenvalue weighted by molar-refractivity contribution is -0.153. The molecule has 1 amide bonds. The van der Waals surface area contributed by atoms with E-state index in [0.29, 0.717) is 17.7 Å². The Balaban J connectivity index is 1.64. The highest BCUT2D eigenvalue weighted by atomic mass is 19.1. The molecule has 6 nitrogen and oxygen atoms in total. The van der Waals surface area contributed by atoms with Gasteiger partial charge in [-0.15, -0.1) is 0 Å². The molecule has 3 heterocycles. The van der Waals surface area contributed by atoms with Gasteiger partial charge in [0.2, 0.25) is 5.78 Å². The standard InChI is InChI=1S/C24H23F2N3O3/c1-14-5-10-19-12-27-22(24(32)29(14)19)23(31)20(30)13-28(27)21(15-6-8-17(25)9-7-15)16-3-2-4-18(26)11-16/h2-4,6-9,11,14,19,21,31H,5,10,12-13H2,1H3/t14-,19+,21-/m0/s1. The molecule has 8 heteroatoms. The Morgan fingerprint density at radius 3 is 2.47 bits per heavy atom. The van der Waals surface area contributed by atoms with Gasteiger partial charge in [-0.2, -0.15) is 0 Å². The molecule has 5 rings (SSSR count). The first-order valence-corrected chi connectivity index (χ1v) is 10.7. The minimum atomic E-state index is -0.656. The lowest BCUT2D eigenvalue weighted by atomic mass is 9.96. The zero-order valence-electron chi connectivity index (χ0n) is 17.5. The van der Waals surface area contributed by atoms with E-state index in [2.05, 4.69) is 0 Å². The van der Waals surface area contributed by atoms with Gasteiger partial charge in [0.25, 0.3) is 5.91 Å². The van der Waals surface area contributed by atoms with Crippen LogP contribution in [0.1, 0.15) is 36.9 Å². The van der Waals surface area contributed by atoms with Crippen molar-refractivity contribution in [2.24, 2.45) is 0 Å². The molecule has 2 aromatic rings. The highest BCUT2D eigenvalue weighted by molar-refractivity contribution is 6.06. The molecule has 3 aliphatic heterocycles. The molecule has 2 saturated heterocycles. The van der Waals surface area contributed by atoms with Crippen LogP contribution in [0.25, 0.3) is 0 Å². The molecule has 2 fully saturated rings. The van der Waals surface area contributed by atoms with Gasteiger partial charge in [-0.05, 0) is 55.2 Å². The molecule has 0 aliphatic carbocycles.